The quantitative estimate of drug-likeness (QED) is 0.773. The number of hydrogen-bond acceptors (Lipinski definition) is 5. The number of aromatic amines is 1. The highest BCUT2D eigenvalue weighted by atomic mass is 35.5. The molecular weight excluding hydrogens is 346 g/mol. The molecule has 0 spiro atoms. The predicted octanol–water partition coefficient (Wildman–Crippen LogP) is 3.36. The zero-order valence-corrected chi connectivity index (χ0v) is 14.5. The Morgan fingerprint density at radius 3 is 3.04 bits per heavy atom. The van der Waals surface area contributed by atoms with E-state index in [1.54, 1.807) is 11.3 Å². The number of H-pyrrole nitrogens is 1. The van der Waals surface area contributed by atoms with Crippen molar-refractivity contribution in [2.45, 2.75) is 31.7 Å². The molecule has 1 fully saturated rings. The van der Waals surface area contributed by atoms with Gasteiger partial charge in [0.1, 0.15) is 10.8 Å². The lowest BCUT2D eigenvalue weighted by Crippen LogP contribution is -2.30. The van der Waals surface area contributed by atoms with Crippen LogP contribution in [0.15, 0.2) is 24.3 Å². The third kappa shape index (κ3) is 3.01. The maximum atomic E-state index is 12.6. The van der Waals surface area contributed by atoms with Crippen molar-refractivity contribution in [3.8, 4) is 0 Å². The van der Waals surface area contributed by atoms with Crippen LogP contribution >= 0.6 is 22.9 Å². The second kappa shape index (κ2) is 6.49. The van der Waals surface area contributed by atoms with Crippen molar-refractivity contribution < 1.29 is 4.79 Å². The highest BCUT2D eigenvalue weighted by Gasteiger charge is 2.31. The summed E-state index contributed by atoms with van der Waals surface area (Å²) in [6.45, 7) is 0.788. The number of nitrogens with one attached hydrogen (secondary N) is 1. The van der Waals surface area contributed by atoms with Crippen molar-refractivity contribution >= 4 is 39.1 Å². The Morgan fingerprint density at radius 1 is 1.38 bits per heavy atom. The van der Waals surface area contributed by atoms with Crippen LogP contribution in [0.2, 0.25) is 5.28 Å². The minimum absolute atomic E-state index is 0.0909. The predicted molar refractivity (Wildman–Crippen MR) is 93.0 cm³/mol. The van der Waals surface area contributed by atoms with Crippen LogP contribution in [0.5, 0.6) is 0 Å². The molecule has 1 saturated heterocycles. The first-order valence-corrected chi connectivity index (χ1v) is 9.12. The van der Waals surface area contributed by atoms with Gasteiger partial charge in [0.2, 0.25) is 11.2 Å². The van der Waals surface area contributed by atoms with E-state index in [-0.39, 0.29) is 17.2 Å². The van der Waals surface area contributed by atoms with Gasteiger partial charge in [0.05, 0.1) is 16.3 Å². The zero-order valence-electron chi connectivity index (χ0n) is 12.9. The Morgan fingerprint density at radius 2 is 2.25 bits per heavy atom. The van der Waals surface area contributed by atoms with Gasteiger partial charge in [0.15, 0.2) is 0 Å². The fourth-order valence-corrected chi connectivity index (χ4v) is 4.37. The summed E-state index contributed by atoms with van der Waals surface area (Å²) in [6.07, 6.45) is 2.90. The van der Waals surface area contributed by atoms with Gasteiger partial charge in [0.25, 0.3) is 0 Å². The second-order valence-corrected chi connectivity index (χ2v) is 7.22. The van der Waals surface area contributed by atoms with Crippen LogP contribution in [-0.2, 0) is 11.2 Å². The first kappa shape index (κ1) is 15.5. The number of carbonyl (C=O) groups excluding carboxylic acids is 1. The number of halogens is 1. The van der Waals surface area contributed by atoms with Gasteiger partial charge in [-0.3, -0.25) is 9.89 Å². The number of thiazole rings is 1. The van der Waals surface area contributed by atoms with Crippen molar-refractivity contribution in [3.05, 3.63) is 40.4 Å². The number of benzene rings is 1. The van der Waals surface area contributed by atoms with E-state index in [0.29, 0.717) is 18.7 Å². The molecule has 24 heavy (non-hydrogen) atoms. The van der Waals surface area contributed by atoms with Crippen LogP contribution in [0.4, 0.5) is 0 Å². The van der Waals surface area contributed by atoms with E-state index >= 15 is 0 Å². The lowest BCUT2D eigenvalue weighted by atomic mass is 10.2. The molecule has 6 nitrogen and oxygen atoms in total. The summed E-state index contributed by atoms with van der Waals surface area (Å²) < 4.78 is 1.17. The molecule has 124 valence electrons. The molecule has 0 aliphatic carbocycles. The van der Waals surface area contributed by atoms with E-state index in [9.17, 15) is 4.79 Å². The molecule has 1 aliphatic heterocycles. The van der Waals surface area contributed by atoms with E-state index in [1.165, 1.54) is 4.70 Å². The fourth-order valence-electron chi connectivity index (χ4n) is 3.11. The molecule has 0 radical (unpaired) electrons. The molecule has 1 aliphatic rings. The number of carbonyl (C=O) groups is 1. The molecule has 1 amide bonds. The topological polar surface area (TPSA) is 74.8 Å². The zero-order chi connectivity index (χ0) is 16.5. The number of para-hydroxylation sites is 1. The van der Waals surface area contributed by atoms with E-state index in [1.807, 2.05) is 23.1 Å². The van der Waals surface area contributed by atoms with Crippen molar-refractivity contribution in [1.82, 2.24) is 25.1 Å². The number of hydrogen-bond donors (Lipinski definition) is 1. The van der Waals surface area contributed by atoms with Crippen molar-refractivity contribution in [1.29, 1.82) is 0 Å². The van der Waals surface area contributed by atoms with E-state index < -0.39 is 0 Å². The summed E-state index contributed by atoms with van der Waals surface area (Å²) in [7, 11) is 0. The summed E-state index contributed by atoms with van der Waals surface area (Å²) in [4.78, 5) is 23.3. The largest absolute Gasteiger partial charge is 0.333 e. The maximum Gasteiger partial charge on any atom is 0.242 e. The van der Waals surface area contributed by atoms with Crippen molar-refractivity contribution in [3.63, 3.8) is 0 Å². The number of aromatic nitrogens is 4. The lowest BCUT2D eigenvalue weighted by molar-refractivity contribution is -0.132. The normalized spacial score (nSPS) is 17.7. The van der Waals surface area contributed by atoms with Gasteiger partial charge >= 0.3 is 0 Å². The molecule has 3 heterocycles. The van der Waals surface area contributed by atoms with E-state index in [4.69, 9.17) is 16.6 Å². The minimum atomic E-state index is 0.0909. The van der Waals surface area contributed by atoms with Gasteiger partial charge in [-0.05, 0) is 36.6 Å². The van der Waals surface area contributed by atoms with Gasteiger partial charge in [0, 0.05) is 19.4 Å². The molecule has 4 rings (SSSR count). The molecule has 3 aromatic rings. The third-order valence-electron chi connectivity index (χ3n) is 4.25. The Hall–Kier alpha value is -1.99. The van der Waals surface area contributed by atoms with Crippen LogP contribution in [-0.4, -0.2) is 37.5 Å². The Bertz CT molecular complexity index is 843. The number of aryl methyl sites for hydroxylation is 1. The average Bonchev–Trinajstić information content (AvgIpc) is 3.30. The molecule has 1 unspecified atom stereocenters. The summed E-state index contributed by atoms with van der Waals surface area (Å²) in [5, 5.41) is 7.73. The van der Waals surface area contributed by atoms with Gasteiger partial charge in [-0.15, -0.1) is 16.4 Å². The van der Waals surface area contributed by atoms with Crippen LogP contribution in [0.3, 0.4) is 0 Å². The smallest absolute Gasteiger partial charge is 0.242 e. The lowest BCUT2D eigenvalue weighted by Gasteiger charge is -2.22. The first-order valence-electron chi connectivity index (χ1n) is 7.92. The maximum absolute atomic E-state index is 12.6. The van der Waals surface area contributed by atoms with Gasteiger partial charge in [-0.2, -0.15) is 0 Å². The summed E-state index contributed by atoms with van der Waals surface area (Å²) in [5.74, 6) is 0.772. The third-order valence-corrected chi connectivity index (χ3v) is 5.56. The first-order chi connectivity index (χ1) is 11.7. The minimum Gasteiger partial charge on any atom is -0.333 e. The van der Waals surface area contributed by atoms with Crippen LogP contribution in [0.25, 0.3) is 10.2 Å². The molecule has 1 aromatic carbocycles. The number of likely N-dealkylation sites (tertiary alicyclic amines) is 1. The highest BCUT2D eigenvalue weighted by Crippen LogP contribution is 2.36. The van der Waals surface area contributed by atoms with E-state index in [0.717, 1.165) is 29.9 Å². The van der Waals surface area contributed by atoms with Crippen molar-refractivity contribution in [2.75, 3.05) is 6.54 Å². The number of rotatable bonds is 4. The summed E-state index contributed by atoms with van der Waals surface area (Å²) in [5.41, 5.74) is 1.01. The van der Waals surface area contributed by atoms with Crippen molar-refractivity contribution in [2.24, 2.45) is 0 Å². The second-order valence-electron chi connectivity index (χ2n) is 5.82. The summed E-state index contributed by atoms with van der Waals surface area (Å²) >= 11 is 7.37. The molecule has 1 N–H and O–H groups in total. The summed E-state index contributed by atoms with van der Waals surface area (Å²) in [6, 6.07) is 8.19. The van der Waals surface area contributed by atoms with Crippen LogP contribution in [0, 0.1) is 0 Å². The molecule has 0 bridgehead atoms. The fraction of sp³-hybridized carbons (Fsp3) is 0.375. The number of amides is 1. The van der Waals surface area contributed by atoms with Gasteiger partial charge < -0.3 is 4.90 Å². The molecule has 0 saturated carbocycles. The van der Waals surface area contributed by atoms with E-state index in [2.05, 4.69) is 21.2 Å². The standard InChI is InChI=1S/C16H16ClN5OS/c17-16-19-13(20-21-16)7-8-14(23)22-9-3-5-11(22)15-18-10-4-1-2-6-12(10)24-15/h1-2,4,6,11H,3,5,7-9H2,(H,19,20,21). The van der Waals surface area contributed by atoms with Crippen LogP contribution in [0.1, 0.15) is 36.1 Å². The monoisotopic (exact) mass is 361 g/mol. The SMILES string of the molecule is O=C(CCc1nc(Cl)n[nH]1)N1CCCC1c1nc2ccccc2s1. The Balaban J connectivity index is 1.48. The molecule has 1 atom stereocenters. The molecule has 8 heteroatoms. The van der Waals surface area contributed by atoms with Gasteiger partial charge in [-0.1, -0.05) is 12.1 Å². The average molecular weight is 362 g/mol. The number of nitrogens with zero attached hydrogens (tertiary/aromatic N) is 4. The highest BCUT2D eigenvalue weighted by molar-refractivity contribution is 7.18. The Labute approximate surface area is 147 Å². The number of fused-ring (bicyclic) bond motifs is 1. The van der Waals surface area contributed by atoms with Crippen LogP contribution < -0.4 is 0 Å². The van der Waals surface area contributed by atoms with Gasteiger partial charge in [-0.25, -0.2) is 9.97 Å². The molecule has 2 aromatic heterocycles. The Kier molecular flexibility index (Phi) is 4.20. The molecular formula is C16H16ClN5OS.